The van der Waals surface area contributed by atoms with E-state index < -0.39 is 0 Å². The summed E-state index contributed by atoms with van der Waals surface area (Å²) in [7, 11) is 0. The molecule has 1 aromatic carbocycles. The van der Waals surface area contributed by atoms with Crippen molar-refractivity contribution in [2.45, 2.75) is 26.7 Å². The van der Waals surface area contributed by atoms with E-state index in [0.29, 0.717) is 30.4 Å². The van der Waals surface area contributed by atoms with E-state index in [0.717, 1.165) is 5.56 Å². The Morgan fingerprint density at radius 2 is 2.17 bits per heavy atom. The third kappa shape index (κ3) is 2.95. The third-order valence-corrected chi connectivity index (χ3v) is 2.69. The highest BCUT2D eigenvalue weighted by Gasteiger charge is 2.15. The summed E-state index contributed by atoms with van der Waals surface area (Å²) in [4.78, 5) is 22.4. The molecule has 0 radical (unpaired) electrons. The van der Waals surface area contributed by atoms with Crippen LogP contribution in [0.4, 0.5) is 0 Å². The number of hydrogen-bond donors (Lipinski definition) is 0. The first kappa shape index (κ1) is 13.9. The van der Waals surface area contributed by atoms with Crippen LogP contribution in [-0.2, 0) is 22.4 Å². The van der Waals surface area contributed by atoms with Gasteiger partial charge in [-0.1, -0.05) is 19.1 Å². The molecule has 0 atom stereocenters. The first-order valence-electron chi connectivity index (χ1n) is 5.83. The molecule has 0 aliphatic carbocycles. The van der Waals surface area contributed by atoms with Gasteiger partial charge in [0, 0.05) is 5.56 Å². The van der Waals surface area contributed by atoms with Gasteiger partial charge in [-0.05, 0) is 24.5 Å². The zero-order valence-corrected chi connectivity index (χ0v) is 10.5. The Labute approximate surface area is 106 Å². The van der Waals surface area contributed by atoms with Crippen molar-refractivity contribution < 1.29 is 14.3 Å². The van der Waals surface area contributed by atoms with E-state index in [1.807, 2.05) is 13.0 Å². The van der Waals surface area contributed by atoms with Gasteiger partial charge in [-0.15, -0.1) is 0 Å². The number of ether oxygens (including phenoxy) is 1. The molecule has 0 aliphatic heterocycles. The van der Waals surface area contributed by atoms with Crippen molar-refractivity contribution in [2.24, 2.45) is 0 Å². The molecule has 0 amide bonds. The fourth-order valence-corrected chi connectivity index (χ4v) is 1.83. The molecule has 0 bridgehead atoms. The molecule has 4 heteroatoms. The Balaban J connectivity index is 3.25. The lowest BCUT2D eigenvalue weighted by molar-refractivity contribution is -0.142. The molecule has 1 aromatic rings. The standard InChI is InChI=1S/C14H15NO3/c1-3-10-5-6-11(9-16)13(8-15)12(10)7-14(17)18-4-2/h5-6,9H,3-4,7H2,1-2H3. The number of carbonyl (C=O) groups excluding carboxylic acids is 2. The topological polar surface area (TPSA) is 67.2 Å². The summed E-state index contributed by atoms with van der Waals surface area (Å²) < 4.78 is 4.88. The van der Waals surface area contributed by atoms with Crippen LogP contribution in [-0.4, -0.2) is 18.9 Å². The Kier molecular flexibility index (Phi) is 5.06. The van der Waals surface area contributed by atoms with Crippen molar-refractivity contribution in [3.05, 3.63) is 34.4 Å². The number of nitriles is 1. The lowest BCUT2D eigenvalue weighted by Crippen LogP contribution is -2.11. The molecule has 0 aromatic heterocycles. The fraction of sp³-hybridized carbons (Fsp3) is 0.357. The molecule has 0 unspecified atom stereocenters. The van der Waals surface area contributed by atoms with Gasteiger partial charge in [0.05, 0.1) is 18.6 Å². The quantitative estimate of drug-likeness (QED) is 0.588. The number of hydrogen-bond acceptors (Lipinski definition) is 4. The Morgan fingerprint density at radius 3 is 2.67 bits per heavy atom. The van der Waals surface area contributed by atoms with Crippen LogP contribution in [0.25, 0.3) is 0 Å². The van der Waals surface area contributed by atoms with Crippen molar-refractivity contribution >= 4 is 12.3 Å². The number of rotatable bonds is 5. The molecular formula is C14H15NO3. The molecule has 94 valence electrons. The monoisotopic (exact) mass is 245 g/mol. The Morgan fingerprint density at radius 1 is 1.44 bits per heavy atom. The molecule has 0 fully saturated rings. The Bertz CT molecular complexity index is 500. The number of aldehydes is 1. The van der Waals surface area contributed by atoms with Gasteiger partial charge in [-0.2, -0.15) is 5.26 Å². The molecule has 4 nitrogen and oxygen atoms in total. The zero-order valence-electron chi connectivity index (χ0n) is 10.5. The number of nitrogens with zero attached hydrogens (tertiary/aromatic N) is 1. The van der Waals surface area contributed by atoms with Crippen LogP contribution in [0.5, 0.6) is 0 Å². The lowest BCUT2D eigenvalue weighted by Gasteiger charge is -2.11. The van der Waals surface area contributed by atoms with Crippen LogP contribution in [0, 0.1) is 11.3 Å². The highest BCUT2D eigenvalue weighted by atomic mass is 16.5. The van der Waals surface area contributed by atoms with E-state index in [9.17, 15) is 9.59 Å². The third-order valence-electron chi connectivity index (χ3n) is 2.69. The maximum Gasteiger partial charge on any atom is 0.310 e. The summed E-state index contributed by atoms with van der Waals surface area (Å²) in [5.41, 5.74) is 2.08. The minimum absolute atomic E-state index is 0.0294. The summed E-state index contributed by atoms with van der Waals surface area (Å²) in [5.74, 6) is -0.383. The summed E-state index contributed by atoms with van der Waals surface area (Å²) in [5, 5.41) is 9.13. The van der Waals surface area contributed by atoms with Gasteiger partial charge in [-0.3, -0.25) is 9.59 Å². The first-order valence-corrected chi connectivity index (χ1v) is 5.83. The van der Waals surface area contributed by atoms with Gasteiger partial charge in [0.25, 0.3) is 0 Å². The van der Waals surface area contributed by atoms with Gasteiger partial charge in [0.15, 0.2) is 6.29 Å². The van der Waals surface area contributed by atoms with E-state index >= 15 is 0 Å². The van der Waals surface area contributed by atoms with E-state index in [-0.39, 0.29) is 18.0 Å². The van der Waals surface area contributed by atoms with Crippen LogP contribution in [0.15, 0.2) is 12.1 Å². The molecule has 0 aliphatic rings. The molecule has 0 spiro atoms. The summed E-state index contributed by atoms with van der Waals surface area (Å²) in [6.45, 7) is 3.97. The molecule has 0 saturated carbocycles. The summed E-state index contributed by atoms with van der Waals surface area (Å²) >= 11 is 0. The number of aryl methyl sites for hydroxylation is 1. The van der Waals surface area contributed by atoms with Crippen molar-refractivity contribution in [1.29, 1.82) is 5.26 Å². The van der Waals surface area contributed by atoms with Gasteiger partial charge in [0.2, 0.25) is 0 Å². The van der Waals surface area contributed by atoms with E-state index in [1.54, 1.807) is 19.1 Å². The van der Waals surface area contributed by atoms with E-state index in [2.05, 4.69) is 0 Å². The predicted octanol–water partition coefficient (Wildman–Crippen LogP) is 2.04. The minimum atomic E-state index is -0.383. The highest BCUT2D eigenvalue weighted by molar-refractivity contribution is 5.82. The molecule has 0 saturated heterocycles. The number of esters is 1. The second kappa shape index (κ2) is 6.55. The molecule has 0 heterocycles. The van der Waals surface area contributed by atoms with E-state index in [4.69, 9.17) is 10.00 Å². The van der Waals surface area contributed by atoms with Crippen LogP contribution in [0.2, 0.25) is 0 Å². The van der Waals surface area contributed by atoms with Crippen LogP contribution >= 0.6 is 0 Å². The van der Waals surface area contributed by atoms with Crippen molar-refractivity contribution in [1.82, 2.24) is 0 Å². The van der Waals surface area contributed by atoms with Crippen LogP contribution in [0.1, 0.15) is 40.9 Å². The Hall–Kier alpha value is -2.15. The van der Waals surface area contributed by atoms with Crippen LogP contribution in [0.3, 0.4) is 0 Å². The minimum Gasteiger partial charge on any atom is -0.466 e. The SMILES string of the molecule is CCOC(=O)Cc1c(CC)ccc(C=O)c1C#N. The summed E-state index contributed by atoms with van der Waals surface area (Å²) in [6, 6.07) is 5.39. The van der Waals surface area contributed by atoms with Gasteiger partial charge < -0.3 is 4.74 Å². The molecule has 18 heavy (non-hydrogen) atoms. The average molecular weight is 245 g/mol. The van der Waals surface area contributed by atoms with Crippen LogP contribution < -0.4 is 0 Å². The summed E-state index contributed by atoms with van der Waals surface area (Å²) in [6.07, 6.45) is 1.36. The van der Waals surface area contributed by atoms with E-state index in [1.165, 1.54) is 0 Å². The van der Waals surface area contributed by atoms with Crippen molar-refractivity contribution in [3.63, 3.8) is 0 Å². The molecular weight excluding hydrogens is 230 g/mol. The fourth-order valence-electron chi connectivity index (χ4n) is 1.83. The lowest BCUT2D eigenvalue weighted by atomic mass is 9.93. The number of benzene rings is 1. The number of carbonyl (C=O) groups is 2. The maximum absolute atomic E-state index is 11.5. The predicted molar refractivity (Wildman–Crippen MR) is 66.3 cm³/mol. The largest absolute Gasteiger partial charge is 0.466 e. The second-order valence-electron chi connectivity index (χ2n) is 3.73. The van der Waals surface area contributed by atoms with Gasteiger partial charge >= 0.3 is 5.97 Å². The van der Waals surface area contributed by atoms with Gasteiger partial charge in [-0.25, -0.2) is 0 Å². The second-order valence-corrected chi connectivity index (χ2v) is 3.73. The van der Waals surface area contributed by atoms with Gasteiger partial charge in [0.1, 0.15) is 6.07 Å². The average Bonchev–Trinajstić information content (AvgIpc) is 2.38. The molecule has 0 N–H and O–H groups in total. The maximum atomic E-state index is 11.5. The first-order chi connectivity index (χ1) is 8.67. The zero-order chi connectivity index (χ0) is 13.5. The smallest absolute Gasteiger partial charge is 0.310 e. The molecule has 1 rings (SSSR count). The highest BCUT2D eigenvalue weighted by Crippen LogP contribution is 2.19. The van der Waals surface area contributed by atoms with Crippen molar-refractivity contribution in [3.8, 4) is 6.07 Å². The van der Waals surface area contributed by atoms with Crippen molar-refractivity contribution in [2.75, 3.05) is 6.61 Å². The normalized spacial score (nSPS) is 9.61.